The predicted octanol–water partition coefficient (Wildman–Crippen LogP) is 8.17. The number of aryl methyl sites for hydroxylation is 4. The maximum absolute atomic E-state index is 6.55. The molecule has 4 N–H and O–H groups in total. The molecule has 0 unspecified atom stereocenters. The highest BCUT2D eigenvalue weighted by atomic mass is 79.9. The molecule has 15 heteroatoms. The van der Waals surface area contributed by atoms with Crippen LogP contribution in [-0.4, -0.2) is 39.0 Å². The number of imidazole rings is 2. The van der Waals surface area contributed by atoms with Crippen LogP contribution in [-0.2, 0) is 25.9 Å². The summed E-state index contributed by atoms with van der Waals surface area (Å²) in [6.07, 6.45) is 16.7. The SMILES string of the molecule is C#CCCCn1cnc(N)c2nc(Sc3ccc(Br)cc3CCc3nc(N)c4nc(Sc5ccc(Br)cc5Cl)n(CCCC#C)c4n3)nc1-2. The fourth-order valence-corrected chi connectivity index (χ4v) is 8.12. The van der Waals surface area contributed by atoms with Gasteiger partial charge in [0.15, 0.2) is 44.6 Å². The second-order valence-corrected chi connectivity index (χ2v) is 15.1. The van der Waals surface area contributed by atoms with E-state index in [-0.39, 0.29) is 0 Å². The normalized spacial score (nSPS) is 11.3. The van der Waals surface area contributed by atoms with Gasteiger partial charge in [0.1, 0.15) is 5.82 Å². The van der Waals surface area contributed by atoms with Gasteiger partial charge in [-0.1, -0.05) is 55.2 Å². The average Bonchev–Trinajstić information content (AvgIpc) is 3.66. The highest BCUT2D eigenvalue weighted by Crippen LogP contribution is 2.38. The summed E-state index contributed by atoms with van der Waals surface area (Å²) in [6, 6.07) is 11.9. The Hall–Kier alpha value is -3.79. The van der Waals surface area contributed by atoms with Gasteiger partial charge in [0.25, 0.3) is 0 Å². The third kappa shape index (κ3) is 8.17. The number of aromatic nitrogens is 8. The van der Waals surface area contributed by atoms with E-state index >= 15 is 0 Å². The summed E-state index contributed by atoms with van der Waals surface area (Å²) in [5.41, 5.74) is 15.5. The number of nitrogens with two attached hydrogens (primary N) is 2. The summed E-state index contributed by atoms with van der Waals surface area (Å²) in [5.74, 6) is 7.34. The van der Waals surface area contributed by atoms with Crippen molar-refractivity contribution in [2.45, 2.75) is 71.7 Å². The molecular weight excluding hydrogens is 808 g/mol. The van der Waals surface area contributed by atoms with Crippen LogP contribution < -0.4 is 11.5 Å². The van der Waals surface area contributed by atoms with Crippen molar-refractivity contribution in [3.63, 3.8) is 0 Å². The Morgan fingerprint density at radius 2 is 1.55 bits per heavy atom. The van der Waals surface area contributed by atoms with Crippen molar-refractivity contribution in [2.75, 3.05) is 11.5 Å². The second-order valence-electron chi connectivity index (χ2n) is 10.9. The first-order valence-corrected chi connectivity index (χ1v) is 18.8. The summed E-state index contributed by atoms with van der Waals surface area (Å²) in [7, 11) is 0. The van der Waals surface area contributed by atoms with Crippen LogP contribution >= 0.6 is 67.0 Å². The number of rotatable bonds is 13. The van der Waals surface area contributed by atoms with Crippen LogP contribution in [0.25, 0.3) is 22.7 Å². The maximum atomic E-state index is 6.55. The molecule has 0 bridgehead atoms. The van der Waals surface area contributed by atoms with Gasteiger partial charge in [-0.15, -0.1) is 24.7 Å². The monoisotopic (exact) mass is 834 g/mol. The molecule has 248 valence electrons. The van der Waals surface area contributed by atoms with Crippen molar-refractivity contribution in [1.29, 1.82) is 0 Å². The average molecular weight is 837 g/mol. The minimum Gasteiger partial charge on any atom is -0.382 e. The first kappa shape index (κ1) is 35.1. The van der Waals surface area contributed by atoms with Gasteiger partial charge in [0.05, 0.1) is 11.3 Å². The van der Waals surface area contributed by atoms with Crippen molar-refractivity contribution >= 4 is 89.8 Å². The Bertz CT molecular complexity index is 2200. The number of halogens is 3. The minimum absolute atomic E-state index is 0.321. The fraction of sp³-hybridized carbons (Fsp3) is 0.235. The molecule has 0 amide bonds. The molecule has 0 atom stereocenters. The van der Waals surface area contributed by atoms with Gasteiger partial charge in [-0.2, -0.15) is 0 Å². The molecule has 0 saturated carbocycles. The van der Waals surface area contributed by atoms with Gasteiger partial charge in [-0.25, -0.2) is 29.9 Å². The largest absolute Gasteiger partial charge is 0.382 e. The summed E-state index contributed by atoms with van der Waals surface area (Å²) >= 11 is 16.6. The van der Waals surface area contributed by atoms with Crippen LogP contribution in [0.5, 0.6) is 0 Å². The van der Waals surface area contributed by atoms with Crippen LogP contribution in [0.2, 0.25) is 5.02 Å². The molecule has 2 aliphatic rings. The molecule has 2 aromatic heterocycles. The molecule has 4 heterocycles. The van der Waals surface area contributed by atoms with E-state index in [0.29, 0.717) is 89.1 Å². The van der Waals surface area contributed by atoms with Crippen LogP contribution in [0.1, 0.15) is 37.1 Å². The molecule has 49 heavy (non-hydrogen) atoms. The molecule has 0 radical (unpaired) electrons. The molecular formula is C34H29Br2ClN10S2. The number of hydrogen-bond acceptors (Lipinski definition) is 10. The molecule has 0 spiro atoms. The first-order valence-electron chi connectivity index (χ1n) is 15.2. The zero-order chi connectivity index (χ0) is 34.5. The summed E-state index contributed by atoms with van der Waals surface area (Å²) in [5, 5.41) is 1.91. The number of anilines is 2. The summed E-state index contributed by atoms with van der Waals surface area (Å²) < 4.78 is 5.84. The number of hydrogen-bond donors (Lipinski definition) is 2. The predicted molar refractivity (Wildman–Crippen MR) is 204 cm³/mol. The number of fused-ring (bicyclic) bond motifs is 2. The lowest BCUT2D eigenvalue weighted by Gasteiger charge is -2.10. The minimum atomic E-state index is 0.321. The quantitative estimate of drug-likeness (QED) is 0.0866. The highest BCUT2D eigenvalue weighted by molar-refractivity contribution is 9.10. The van der Waals surface area contributed by atoms with Gasteiger partial charge >= 0.3 is 0 Å². The summed E-state index contributed by atoms with van der Waals surface area (Å²) in [4.78, 5) is 30.2. The van der Waals surface area contributed by atoms with E-state index in [1.54, 1.807) is 6.33 Å². The number of nitrogens with zero attached hydrogens (tertiary/aromatic N) is 8. The molecule has 0 saturated heterocycles. The smallest absolute Gasteiger partial charge is 0.195 e. The molecule has 4 aromatic rings. The number of terminal acetylenes is 2. The van der Waals surface area contributed by atoms with Crippen molar-refractivity contribution in [2.24, 2.45) is 0 Å². The Morgan fingerprint density at radius 1 is 0.816 bits per heavy atom. The molecule has 0 aliphatic carbocycles. The van der Waals surface area contributed by atoms with Gasteiger partial charge in [0, 0.05) is 51.1 Å². The van der Waals surface area contributed by atoms with Crippen molar-refractivity contribution in [3.8, 4) is 36.2 Å². The van der Waals surface area contributed by atoms with E-state index < -0.39 is 0 Å². The van der Waals surface area contributed by atoms with E-state index in [9.17, 15) is 0 Å². The molecule has 10 nitrogen and oxygen atoms in total. The van der Waals surface area contributed by atoms with Crippen molar-refractivity contribution in [3.05, 3.63) is 68.1 Å². The molecule has 2 aromatic carbocycles. The van der Waals surface area contributed by atoms with E-state index in [1.165, 1.54) is 23.5 Å². The topological polar surface area (TPSA) is 139 Å². The summed E-state index contributed by atoms with van der Waals surface area (Å²) in [6.45, 7) is 1.30. The lowest BCUT2D eigenvalue weighted by molar-refractivity contribution is 0.614. The highest BCUT2D eigenvalue weighted by Gasteiger charge is 2.22. The lowest BCUT2D eigenvalue weighted by Crippen LogP contribution is -2.08. The molecule has 2 aliphatic heterocycles. The van der Waals surface area contributed by atoms with Gasteiger partial charge in [-0.05, 0) is 73.0 Å². The first-order chi connectivity index (χ1) is 23.7. The van der Waals surface area contributed by atoms with Crippen LogP contribution in [0.3, 0.4) is 0 Å². The number of benzene rings is 2. The van der Waals surface area contributed by atoms with E-state index in [0.717, 1.165) is 42.3 Å². The Labute approximate surface area is 314 Å². The third-order valence-electron chi connectivity index (χ3n) is 7.46. The van der Waals surface area contributed by atoms with E-state index in [4.69, 9.17) is 55.9 Å². The Kier molecular flexibility index (Phi) is 11.3. The van der Waals surface area contributed by atoms with Crippen LogP contribution in [0.4, 0.5) is 11.6 Å². The third-order valence-corrected chi connectivity index (χ3v) is 10.9. The van der Waals surface area contributed by atoms with E-state index in [1.807, 2.05) is 34.9 Å². The zero-order valence-corrected chi connectivity index (χ0v) is 31.6. The van der Waals surface area contributed by atoms with Crippen molar-refractivity contribution < 1.29 is 0 Å². The maximum Gasteiger partial charge on any atom is 0.195 e. The fourth-order valence-electron chi connectivity index (χ4n) is 5.12. The standard InChI is InChI=1S/C34H29Br2ClN10S2/c1-3-5-7-15-46-19-40-29(38)27-31(46)45-33(43-27)48-24-12-10-21(35)17-20(24)9-14-26-41-30(39)28-32(42-26)47(16-8-6-4-2)34(44-28)49-25-13-11-22(36)18-23(25)37/h1-2,10-13,17-19H,5-9,14-16,38H2,(H2,39,41,42). The lowest BCUT2D eigenvalue weighted by atomic mass is 10.1. The zero-order valence-electron chi connectivity index (χ0n) is 26.0. The van der Waals surface area contributed by atoms with E-state index in [2.05, 4.69) is 64.3 Å². The van der Waals surface area contributed by atoms with Gasteiger partial charge in [-0.3, -0.25) is 0 Å². The number of unbranched alkanes of at least 4 members (excludes halogenated alkanes) is 2. The Balaban J connectivity index is 1.27. The number of nitrogen functional groups attached to an aromatic ring is 2. The van der Waals surface area contributed by atoms with Crippen LogP contribution in [0.15, 0.2) is 71.8 Å². The molecule has 6 rings (SSSR count). The second kappa shape index (κ2) is 15.8. The molecule has 0 fully saturated rings. The Morgan fingerprint density at radius 3 is 2.31 bits per heavy atom. The van der Waals surface area contributed by atoms with Crippen LogP contribution in [0, 0.1) is 24.7 Å². The van der Waals surface area contributed by atoms with Gasteiger partial charge in [0.2, 0.25) is 0 Å². The van der Waals surface area contributed by atoms with Gasteiger partial charge < -0.3 is 20.6 Å². The van der Waals surface area contributed by atoms with Crippen molar-refractivity contribution in [1.82, 2.24) is 39.0 Å².